The summed E-state index contributed by atoms with van der Waals surface area (Å²) in [5.41, 5.74) is 6.20. The van der Waals surface area contributed by atoms with Gasteiger partial charge in [0.15, 0.2) is 11.6 Å². The Bertz CT molecular complexity index is 615. The van der Waals surface area contributed by atoms with Gasteiger partial charge in [0.25, 0.3) is 5.91 Å². The molecule has 0 spiro atoms. The summed E-state index contributed by atoms with van der Waals surface area (Å²) in [5, 5.41) is 5.12. The van der Waals surface area contributed by atoms with Gasteiger partial charge in [0, 0.05) is 23.6 Å². The van der Waals surface area contributed by atoms with Crippen molar-refractivity contribution in [2.24, 2.45) is 5.73 Å². The molecule has 0 radical (unpaired) electrons. The number of carbonyl (C=O) groups is 1. The lowest BCUT2D eigenvalue weighted by atomic mass is 10.3. The molecule has 0 saturated carbocycles. The predicted molar refractivity (Wildman–Crippen MR) is 75.8 cm³/mol. The zero-order valence-electron chi connectivity index (χ0n) is 10.9. The van der Waals surface area contributed by atoms with E-state index in [1.54, 1.807) is 5.38 Å². The molecular weight excluding hydrogens is 281 g/mol. The van der Waals surface area contributed by atoms with E-state index >= 15 is 0 Å². The summed E-state index contributed by atoms with van der Waals surface area (Å²) >= 11 is 1.39. The molecular formula is C13H14FN3O2S. The molecule has 0 fully saturated rings. The lowest BCUT2D eigenvalue weighted by Crippen LogP contribution is -2.13. The maximum atomic E-state index is 13.3. The Balaban J connectivity index is 2.10. The fourth-order valence-electron chi connectivity index (χ4n) is 1.59. The van der Waals surface area contributed by atoms with E-state index in [0.29, 0.717) is 24.3 Å². The van der Waals surface area contributed by atoms with Gasteiger partial charge in [0.05, 0.1) is 12.1 Å². The Labute approximate surface area is 119 Å². The lowest BCUT2D eigenvalue weighted by molar-refractivity contribution is 0.102. The Morgan fingerprint density at radius 2 is 2.35 bits per heavy atom. The van der Waals surface area contributed by atoms with Gasteiger partial charge in [-0.05, 0) is 18.7 Å². The molecule has 3 N–H and O–H groups in total. The van der Waals surface area contributed by atoms with Crippen LogP contribution in [-0.4, -0.2) is 24.5 Å². The van der Waals surface area contributed by atoms with Crippen molar-refractivity contribution in [3.63, 3.8) is 0 Å². The molecule has 5 nitrogen and oxygen atoms in total. The van der Waals surface area contributed by atoms with Crippen LogP contribution in [0.4, 0.5) is 10.1 Å². The van der Waals surface area contributed by atoms with Crippen LogP contribution in [0.25, 0.3) is 0 Å². The highest BCUT2D eigenvalue weighted by Crippen LogP contribution is 2.22. The second-order valence-electron chi connectivity index (χ2n) is 3.97. The molecule has 0 aliphatic rings. The number of ether oxygens (including phenoxy) is 1. The molecule has 0 saturated heterocycles. The van der Waals surface area contributed by atoms with Crippen molar-refractivity contribution >= 4 is 22.9 Å². The van der Waals surface area contributed by atoms with Crippen LogP contribution in [0, 0.1) is 5.82 Å². The van der Waals surface area contributed by atoms with E-state index in [9.17, 15) is 9.18 Å². The number of benzene rings is 1. The molecule has 20 heavy (non-hydrogen) atoms. The summed E-state index contributed by atoms with van der Waals surface area (Å²) in [4.78, 5) is 16.2. The third-order valence-corrected chi connectivity index (χ3v) is 3.46. The molecule has 1 aromatic heterocycles. The smallest absolute Gasteiger partial charge is 0.275 e. The van der Waals surface area contributed by atoms with Crippen LogP contribution in [0.15, 0.2) is 23.6 Å². The lowest BCUT2D eigenvalue weighted by Gasteiger charge is -2.06. The quantitative estimate of drug-likeness (QED) is 0.885. The van der Waals surface area contributed by atoms with Crippen molar-refractivity contribution < 1.29 is 13.9 Å². The average molecular weight is 295 g/mol. The third kappa shape index (κ3) is 3.31. The molecule has 106 valence electrons. The maximum absolute atomic E-state index is 13.3. The predicted octanol–water partition coefficient (Wildman–Crippen LogP) is 2.04. The topological polar surface area (TPSA) is 77.2 Å². The molecule has 1 amide bonds. The number of thiazole rings is 1. The molecule has 7 heteroatoms. The number of hydrogen-bond donors (Lipinski definition) is 2. The molecule has 0 aliphatic carbocycles. The number of hydrogen-bond acceptors (Lipinski definition) is 5. The van der Waals surface area contributed by atoms with Crippen molar-refractivity contribution in [3.8, 4) is 5.75 Å². The monoisotopic (exact) mass is 295 g/mol. The largest absolute Gasteiger partial charge is 0.494 e. The van der Waals surface area contributed by atoms with E-state index in [0.717, 1.165) is 5.01 Å². The summed E-state index contributed by atoms with van der Waals surface area (Å²) in [6.45, 7) is 0.490. The fraction of sp³-hybridized carbons (Fsp3) is 0.231. The Morgan fingerprint density at radius 1 is 1.55 bits per heavy atom. The number of aromatic nitrogens is 1. The molecule has 1 aromatic carbocycles. The first-order chi connectivity index (χ1) is 9.63. The van der Waals surface area contributed by atoms with Crippen LogP contribution in [-0.2, 0) is 6.42 Å². The van der Waals surface area contributed by atoms with Crippen molar-refractivity contribution in [2.45, 2.75) is 6.42 Å². The molecule has 1 heterocycles. The number of rotatable bonds is 5. The highest BCUT2D eigenvalue weighted by Gasteiger charge is 2.12. The highest BCUT2D eigenvalue weighted by molar-refractivity contribution is 7.09. The number of nitrogens with one attached hydrogen (secondary N) is 1. The van der Waals surface area contributed by atoms with E-state index in [1.165, 1.54) is 36.6 Å². The first-order valence-corrected chi connectivity index (χ1v) is 6.81. The number of anilines is 1. The van der Waals surface area contributed by atoms with Gasteiger partial charge in [-0.15, -0.1) is 11.3 Å². The fourth-order valence-corrected chi connectivity index (χ4v) is 2.38. The number of nitrogens with zero attached hydrogens (tertiary/aromatic N) is 1. The van der Waals surface area contributed by atoms with E-state index in [2.05, 4.69) is 10.3 Å². The second kappa shape index (κ2) is 6.44. The Hall–Kier alpha value is -1.99. The zero-order chi connectivity index (χ0) is 14.5. The Morgan fingerprint density at radius 3 is 3.05 bits per heavy atom. The van der Waals surface area contributed by atoms with E-state index < -0.39 is 5.82 Å². The molecule has 2 rings (SSSR count). The van der Waals surface area contributed by atoms with Gasteiger partial charge in [-0.2, -0.15) is 0 Å². The number of nitrogens with two attached hydrogens (primary N) is 1. The van der Waals surface area contributed by atoms with Crippen LogP contribution in [0.2, 0.25) is 0 Å². The Kier molecular flexibility index (Phi) is 4.65. The molecule has 0 unspecified atom stereocenters. The number of amides is 1. The second-order valence-corrected chi connectivity index (χ2v) is 4.91. The standard InChI is InChI=1S/C13H14FN3O2S/c1-19-11-6-8(2-3-9(11)14)16-13(18)10-7-20-12(17-10)4-5-15/h2-3,6-7H,4-5,15H2,1H3,(H,16,18). The zero-order valence-corrected chi connectivity index (χ0v) is 11.7. The van der Waals surface area contributed by atoms with Gasteiger partial charge in [-0.3, -0.25) is 4.79 Å². The highest BCUT2D eigenvalue weighted by atomic mass is 32.1. The average Bonchev–Trinajstić information content (AvgIpc) is 2.90. The van der Waals surface area contributed by atoms with Crippen LogP contribution in [0.1, 0.15) is 15.5 Å². The minimum atomic E-state index is -0.482. The first kappa shape index (κ1) is 14.4. The minimum absolute atomic E-state index is 0.0740. The van der Waals surface area contributed by atoms with Crippen molar-refractivity contribution in [1.29, 1.82) is 0 Å². The third-order valence-electron chi connectivity index (χ3n) is 2.55. The summed E-state index contributed by atoms with van der Waals surface area (Å²) in [7, 11) is 1.36. The van der Waals surface area contributed by atoms with E-state index in [4.69, 9.17) is 10.5 Å². The van der Waals surface area contributed by atoms with Crippen LogP contribution >= 0.6 is 11.3 Å². The SMILES string of the molecule is COc1cc(NC(=O)c2csc(CCN)n2)ccc1F. The number of methoxy groups -OCH3 is 1. The van der Waals surface area contributed by atoms with Crippen molar-refractivity contribution in [1.82, 2.24) is 4.98 Å². The summed E-state index contributed by atoms with van der Waals surface area (Å²) in [6, 6.07) is 4.11. The van der Waals surface area contributed by atoms with Gasteiger partial charge < -0.3 is 15.8 Å². The van der Waals surface area contributed by atoms with Crippen molar-refractivity contribution in [2.75, 3.05) is 19.0 Å². The van der Waals surface area contributed by atoms with Crippen LogP contribution < -0.4 is 15.8 Å². The molecule has 0 bridgehead atoms. The summed E-state index contributed by atoms with van der Waals surface area (Å²) in [6.07, 6.45) is 0.641. The number of halogens is 1. The summed E-state index contributed by atoms with van der Waals surface area (Å²) in [5.74, 6) is -0.757. The maximum Gasteiger partial charge on any atom is 0.275 e. The van der Waals surface area contributed by atoms with Gasteiger partial charge in [0.2, 0.25) is 0 Å². The van der Waals surface area contributed by atoms with Crippen LogP contribution in [0.3, 0.4) is 0 Å². The van der Waals surface area contributed by atoms with E-state index in [1.807, 2.05) is 0 Å². The van der Waals surface area contributed by atoms with Gasteiger partial charge in [-0.1, -0.05) is 0 Å². The molecule has 2 aromatic rings. The van der Waals surface area contributed by atoms with Crippen molar-refractivity contribution in [3.05, 3.63) is 40.1 Å². The van der Waals surface area contributed by atoms with Gasteiger partial charge in [-0.25, -0.2) is 9.37 Å². The first-order valence-electron chi connectivity index (χ1n) is 5.93. The van der Waals surface area contributed by atoms with Gasteiger partial charge in [0.1, 0.15) is 5.69 Å². The summed E-state index contributed by atoms with van der Waals surface area (Å²) < 4.78 is 18.1. The minimum Gasteiger partial charge on any atom is -0.494 e. The molecule has 0 atom stereocenters. The molecule has 0 aliphatic heterocycles. The normalized spacial score (nSPS) is 10.3. The van der Waals surface area contributed by atoms with Crippen LogP contribution in [0.5, 0.6) is 5.75 Å². The van der Waals surface area contributed by atoms with Gasteiger partial charge >= 0.3 is 0 Å². The van der Waals surface area contributed by atoms with E-state index in [-0.39, 0.29) is 11.7 Å². The number of carbonyl (C=O) groups excluding carboxylic acids is 1.